The van der Waals surface area contributed by atoms with E-state index in [4.69, 9.17) is 15.2 Å². The zero-order valence-corrected chi connectivity index (χ0v) is 12.1. The molecule has 0 aliphatic heterocycles. The second kappa shape index (κ2) is 6.28. The summed E-state index contributed by atoms with van der Waals surface area (Å²) in [5.41, 5.74) is 7.52. The van der Waals surface area contributed by atoms with E-state index in [2.05, 4.69) is 11.9 Å². The Hall–Kier alpha value is -2.23. The van der Waals surface area contributed by atoms with Gasteiger partial charge in [0.15, 0.2) is 0 Å². The van der Waals surface area contributed by atoms with Crippen LogP contribution in [0.4, 0.5) is 5.69 Å². The molecule has 0 fully saturated rings. The fourth-order valence-electron chi connectivity index (χ4n) is 1.75. The molecular formula is C16H20N2O2. The molecular weight excluding hydrogens is 252 g/mol. The van der Waals surface area contributed by atoms with Crippen LogP contribution in [0.1, 0.15) is 26.5 Å². The molecule has 2 N–H and O–H groups in total. The molecule has 0 saturated heterocycles. The molecule has 0 saturated carbocycles. The molecule has 4 heteroatoms. The van der Waals surface area contributed by atoms with Crippen molar-refractivity contribution in [1.29, 1.82) is 0 Å². The highest BCUT2D eigenvalue weighted by atomic mass is 16.5. The normalized spacial score (nSPS) is 10.6. The number of aryl methyl sites for hydroxylation is 1. The van der Waals surface area contributed by atoms with Crippen LogP contribution in [0.5, 0.6) is 17.2 Å². The molecule has 1 heterocycles. The Morgan fingerprint density at radius 2 is 1.90 bits per heavy atom. The van der Waals surface area contributed by atoms with Crippen LogP contribution in [-0.2, 0) is 6.42 Å². The average Bonchev–Trinajstić information content (AvgIpc) is 2.43. The number of nitrogens with zero attached hydrogens (tertiary/aromatic N) is 1. The minimum atomic E-state index is 0.0676. The maximum absolute atomic E-state index is 5.88. The van der Waals surface area contributed by atoms with Gasteiger partial charge < -0.3 is 15.2 Å². The number of ether oxygens (including phenoxy) is 2. The summed E-state index contributed by atoms with van der Waals surface area (Å²) >= 11 is 0. The molecule has 20 heavy (non-hydrogen) atoms. The van der Waals surface area contributed by atoms with Gasteiger partial charge in [0.05, 0.1) is 18.0 Å². The van der Waals surface area contributed by atoms with Gasteiger partial charge in [0.25, 0.3) is 0 Å². The molecule has 0 unspecified atom stereocenters. The summed E-state index contributed by atoms with van der Waals surface area (Å²) in [4.78, 5) is 4.30. The van der Waals surface area contributed by atoms with E-state index < -0.39 is 0 Å². The minimum absolute atomic E-state index is 0.0676. The van der Waals surface area contributed by atoms with Crippen LogP contribution in [0.15, 0.2) is 36.5 Å². The second-order valence-electron chi connectivity index (χ2n) is 4.81. The number of benzene rings is 1. The number of nitrogen functional groups attached to an aromatic ring is 1. The van der Waals surface area contributed by atoms with Crippen LogP contribution >= 0.6 is 0 Å². The lowest BCUT2D eigenvalue weighted by atomic mass is 10.2. The molecule has 0 bridgehead atoms. The van der Waals surface area contributed by atoms with E-state index in [1.54, 1.807) is 18.3 Å². The summed E-state index contributed by atoms with van der Waals surface area (Å²) in [5, 5.41) is 0. The fraction of sp³-hybridized carbons (Fsp3) is 0.312. The fourth-order valence-corrected chi connectivity index (χ4v) is 1.75. The topological polar surface area (TPSA) is 57.4 Å². The Morgan fingerprint density at radius 1 is 1.15 bits per heavy atom. The van der Waals surface area contributed by atoms with Crippen LogP contribution in [0.2, 0.25) is 0 Å². The lowest BCUT2D eigenvalue weighted by Crippen LogP contribution is -2.07. The third-order valence-electron chi connectivity index (χ3n) is 2.74. The quantitative estimate of drug-likeness (QED) is 0.841. The van der Waals surface area contributed by atoms with Gasteiger partial charge in [-0.1, -0.05) is 6.92 Å². The third kappa shape index (κ3) is 3.63. The Bertz CT molecular complexity index is 565. The Labute approximate surface area is 119 Å². The molecule has 4 nitrogen and oxygen atoms in total. The van der Waals surface area contributed by atoms with E-state index >= 15 is 0 Å². The van der Waals surface area contributed by atoms with Crippen molar-refractivity contribution in [3.63, 3.8) is 0 Å². The maximum atomic E-state index is 5.88. The van der Waals surface area contributed by atoms with Gasteiger partial charge in [0.1, 0.15) is 17.2 Å². The highest BCUT2D eigenvalue weighted by Crippen LogP contribution is 2.30. The van der Waals surface area contributed by atoms with E-state index in [0.29, 0.717) is 22.9 Å². The summed E-state index contributed by atoms with van der Waals surface area (Å²) in [6, 6.07) is 9.25. The van der Waals surface area contributed by atoms with Gasteiger partial charge in [-0.05, 0) is 44.5 Å². The van der Waals surface area contributed by atoms with Crippen molar-refractivity contribution in [3.05, 3.63) is 42.2 Å². The van der Waals surface area contributed by atoms with Crippen LogP contribution < -0.4 is 15.2 Å². The monoisotopic (exact) mass is 272 g/mol. The van der Waals surface area contributed by atoms with Crippen molar-refractivity contribution in [2.24, 2.45) is 0 Å². The van der Waals surface area contributed by atoms with Crippen LogP contribution in [0.3, 0.4) is 0 Å². The van der Waals surface area contributed by atoms with E-state index in [0.717, 1.165) is 12.1 Å². The zero-order chi connectivity index (χ0) is 14.5. The number of hydrogen-bond donors (Lipinski definition) is 1. The lowest BCUT2D eigenvalue weighted by molar-refractivity contribution is 0.243. The predicted octanol–water partition coefficient (Wildman–Crippen LogP) is 3.81. The van der Waals surface area contributed by atoms with Gasteiger partial charge in [0, 0.05) is 11.8 Å². The van der Waals surface area contributed by atoms with Gasteiger partial charge in [-0.15, -0.1) is 0 Å². The lowest BCUT2D eigenvalue weighted by Gasteiger charge is -2.13. The maximum Gasteiger partial charge on any atom is 0.146 e. The first kappa shape index (κ1) is 14.2. The van der Waals surface area contributed by atoms with Crippen LogP contribution in [0.25, 0.3) is 0 Å². The molecule has 1 aromatic carbocycles. The molecule has 0 aliphatic rings. The Balaban J connectivity index is 2.16. The Morgan fingerprint density at radius 3 is 2.50 bits per heavy atom. The summed E-state index contributed by atoms with van der Waals surface area (Å²) in [7, 11) is 0. The largest absolute Gasteiger partial charge is 0.489 e. The standard InChI is InChI=1S/C16H20N2O2/c1-4-12-5-6-14(10-18-12)20-13-7-8-15(17)16(9-13)19-11(2)3/h5-11H,4,17H2,1-3H3. The molecule has 2 aromatic rings. The van der Waals surface area contributed by atoms with Crippen molar-refractivity contribution >= 4 is 5.69 Å². The van der Waals surface area contributed by atoms with Crippen molar-refractivity contribution < 1.29 is 9.47 Å². The first-order valence-corrected chi connectivity index (χ1v) is 6.77. The van der Waals surface area contributed by atoms with Gasteiger partial charge in [-0.25, -0.2) is 0 Å². The van der Waals surface area contributed by atoms with Gasteiger partial charge in [-0.3, -0.25) is 4.98 Å². The first-order chi connectivity index (χ1) is 9.58. The molecule has 0 amide bonds. The first-order valence-electron chi connectivity index (χ1n) is 6.77. The van der Waals surface area contributed by atoms with E-state index in [1.807, 2.05) is 32.0 Å². The molecule has 0 aliphatic carbocycles. The number of rotatable bonds is 5. The smallest absolute Gasteiger partial charge is 0.146 e. The van der Waals surface area contributed by atoms with Crippen molar-refractivity contribution in [2.45, 2.75) is 33.3 Å². The predicted molar refractivity (Wildman–Crippen MR) is 80.3 cm³/mol. The molecule has 1 aromatic heterocycles. The summed E-state index contributed by atoms with van der Waals surface area (Å²) in [6.07, 6.45) is 2.70. The van der Waals surface area contributed by atoms with Gasteiger partial charge in [0.2, 0.25) is 0 Å². The highest BCUT2D eigenvalue weighted by molar-refractivity contribution is 5.56. The van der Waals surface area contributed by atoms with Crippen molar-refractivity contribution in [3.8, 4) is 17.2 Å². The summed E-state index contributed by atoms with van der Waals surface area (Å²) in [5.74, 6) is 2.01. The number of nitrogens with two attached hydrogens (primary N) is 1. The number of pyridine rings is 1. The highest BCUT2D eigenvalue weighted by Gasteiger charge is 2.06. The minimum Gasteiger partial charge on any atom is -0.489 e. The number of anilines is 1. The van der Waals surface area contributed by atoms with E-state index in [9.17, 15) is 0 Å². The van der Waals surface area contributed by atoms with E-state index in [-0.39, 0.29) is 6.10 Å². The molecule has 0 atom stereocenters. The molecule has 0 spiro atoms. The summed E-state index contributed by atoms with van der Waals surface area (Å²) < 4.78 is 11.4. The Kier molecular flexibility index (Phi) is 4.45. The molecule has 2 rings (SSSR count). The van der Waals surface area contributed by atoms with E-state index in [1.165, 1.54) is 0 Å². The van der Waals surface area contributed by atoms with Crippen LogP contribution in [0, 0.1) is 0 Å². The van der Waals surface area contributed by atoms with Gasteiger partial charge >= 0.3 is 0 Å². The zero-order valence-electron chi connectivity index (χ0n) is 12.1. The summed E-state index contributed by atoms with van der Waals surface area (Å²) in [6.45, 7) is 5.99. The molecule has 106 valence electrons. The van der Waals surface area contributed by atoms with Crippen molar-refractivity contribution in [2.75, 3.05) is 5.73 Å². The second-order valence-corrected chi connectivity index (χ2v) is 4.81. The third-order valence-corrected chi connectivity index (χ3v) is 2.74. The van der Waals surface area contributed by atoms with Crippen LogP contribution in [-0.4, -0.2) is 11.1 Å². The SMILES string of the molecule is CCc1ccc(Oc2ccc(N)c(OC(C)C)c2)cn1. The number of hydrogen-bond acceptors (Lipinski definition) is 4. The van der Waals surface area contributed by atoms with Crippen molar-refractivity contribution in [1.82, 2.24) is 4.98 Å². The van der Waals surface area contributed by atoms with Gasteiger partial charge in [-0.2, -0.15) is 0 Å². The molecule has 0 radical (unpaired) electrons. The average molecular weight is 272 g/mol. The number of aromatic nitrogens is 1.